The van der Waals surface area contributed by atoms with Crippen molar-refractivity contribution in [2.45, 2.75) is 33.2 Å². The Morgan fingerprint density at radius 1 is 1.45 bits per heavy atom. The molecule has 6 nitrogen and oxygen atoms in total. The van der Waals surface area contributed by atoms with Crippen molar-refractivity contribution >= 4 is 21.6 Å². The van der Waals surface area contributed by atoms with E-state index in [-0.39, 0.29) is 18.0 Å². The summed E-state index contributed by atoms with van der Waals surface area (Å²) >= 11 is 1.42. The van der Waals surface area contributed by atoms with E-state index in [0.29, 0.717) is 16.4 Å². The molecule has 0 spiro atoms. The first-order chi connectivity index (χ1) is 9.56. The van der Waals surface area contributed by atoms with Crippen molar-refractivity contribution in [2.24, 2.45) is 0 Å². The zero-order chi connectivity index (χ0) is 14.3. The molecule has 3 rings (SSSR count). The van der Waals surface area contributed by atoms with Gasteiger partial charge in [-0.15, -0.1) is 11.3 Å². The highest BCUT2D eigenvalue weighted by molar-refractivity contribution is 7.17. The lowest BCUT2D eigenvalue weighted by Gasteiger charge is -2.01. The van der Waals surface area contributed by atoms with Gasteiger partial charge in [0.15, 0.2) is 5.82 Å². The van der Waals surface area contributed by atoms with E-state index in [0.717, 1.165) is 11.1 Å². The maximum absolute atomic E-state index is 12.3. The molecule has 0 aliphatic carbocycles. The quantitative estimate of drug-likeness (QED) is 0.740. The smallest absolute Gasteiger partial charge is 0.271 e. The number of hydrogen-bond acceptors (Lipinski definition) is 6. The van der Waals surface area contributed by atoms with Gasteiger partial charge in [-0.25, -0.2) is 4.98 Å². The van der Waals surface area contributed by atoms with E-state index in [1.54, 1.807) is 0 Å². The minimum atomic E-state index is -0.0657. The monoisotopic (exact) mass is 290 g/mol. The third-order valence-corrected chi connectivity index (χ3v) is 4.09. The van der Waals surface area contributed by atoms with Crippen molar-refractivity contribution in [3.05, 3.63) is 39.3 Å². The number of fused-ring (bicyclic) bond motifs is 1. The standard InChI is InChI=1S/C13H14N4O2S/c1-7(2)12-15-9(16-19-12)4-17-6-14-10-8(3)5-20-11(10)13(17)18/h5-7H,4H2,1-3H3. The summed E-state index contributed by atoms with van der Waals surface area (Å²) in [6.45, 7) is 6.18. The zero-order valence-electron chi connectivity index (χ0n) is 11.5. The Morgan fingerprint density at radius 2 is 2.25 bits per heavy atom. The van der Waals surface area contributed by atoms with Crippen molar-refractivity contribution < 1.29 is 4.52 Å². The SMILES string of the molecule is Cc1csc2c(=O)n(Cc3noc(C(C)C)n3)cnc12. The normalized spacial score (nSPS) is 11.6. The second-order valence-electron chi connectivity index (χ2n) is 4.98. The molecule has 0 saturated heterocycles. The van der Waals surface area contributed by atoms with Crippen LogP contribution >= 0.6 is 11.3 Å². The highest BCUT2D eigenvalue weighted by Crippen LogP contribution is 2.19. The average molecular weight is 290 g/mol. The Morgan fingerprint density at radius 3 is 2.95 bits per heavy atom. The van der Waals surface area contributed by atoms with Gasteiger partial charge in [-0.1, -0.05) is 19.0 Å². The van der Waals surface area contributed by atoms with Crippen LogP contribution in [0.1, 0.15) is 37.0 Å². The van der Waals surface area contributed by atoms with Crippen LogP contribution in [0.5, 0.6) is 0 Å². The Balaban J connectivity index is 1.98. The second-order valence-corrected chi connectivity index (χ2v) is 5.86. The summed E-state index contributed by atoms with van der Waals surface area (Å²) in [5.41, 5.74) is 1.73. The lowest BCUT2D eigenvalue weighted by molar-refractivity contribution is 0.359. The van der Waals surface area contributed by atoms with Gasteiger partial charge < -0.3 is 4.52 Å². The average Bonchev–Trinajstić information content (AvgIpc) is 3.01. The molecule has 20 heavy (non-hydrogen) atoms. The lowest BCUT2D eigenvalue weighted by Crippen LogP contribution is -2.20. The predicted octanol–water partition coefficient (Wildman–Crippen LogP) is 2.32. The Labute approximate surface area is 119 Å². The van der Waals surface area contributed by atoms with Gasteiger partial charge in [0.25, 0.3) is 5.56 Å². The van der Waals surface area contributed by atoms with E-state index in [2.05, 4.69) is 15.1 Å². The van der Waals surface area contributed by atoms with Gasteiger partial charge in [-0.05, 0) is 17.9 Å². The summed E-state index contributed by atoms with van der Waals surface area (Å²) < 4.78 is 7.31. The zero-order valence-corrected chi connectivity index (χ0v) is 12.3. The molecule has 0 saturated carbocycles. The van der Waals surface area contributed by atoms with E-state index in [4.69, 9.17) is 4.52 Å². The molecule has 0 amide bonds. The maximum atomic E-state index is 12.3. The predicted molar refractivity (Wildman–Crippen MR) is 76.1 cm³/mol. The molecule has 0 radical (unpaired) electrons. The number of aryl methyl sites for hydroxylation is 1. The second kappa shape index (κ2) is 4.82. The van der Waals surface area contributed by atoms with Crippen LogP contribution in [0, 0.1) is 6.92 Å². The van der Waals surface area contributed by atoms with E-state index < -0.39 is 0 Å². The third kappa shape index (κ3) is 2.14. The summed E-state index contributed by atoms with van der Waals surface area (Å²) in [4.78, 5) is 20.9. The fourth-order valence-corrected chi connectivity index (χ4v) is 2.84. The number of hydrogen-bond donors (Lipinski definition) is 0. The highest BCUT2D eigenvalue weighted by Gasteiger charge is 2.13. The molecular weight excluding hydrogens is 276 g/mol. The number of nitrogens with zero attached hydrogens (tertiary/aromatic N) is 4. The van der Waals surface area contributed by atoms with Crippen LogP contribution in [0.2, 0.25) is 0 Å². The lowest BCUT2D eigenvalue weighted by atomic mass is 10.2. The fourth-order valence-electron chi connectivity index (χ4n) is 1.89. The summed E-state index contributed by atoms with van der Waals surface area (Å²) in [7, 11) is 0. The molecule has 3 aromatic heterocycles. The molecule has 0 fully saturated rings. The topological polar surface area (TPSA) is 73.8 Å². The van der Waals surface area contributed by atoms with Crippen molar-refractivity contribution in [1.82, 2.24) is 19.7 Å². The van der Waals surface area contributed by atoms with Crippen molar-refractivity contribution in [3.63, 3.8) is 0 Å². The van der Waals surface area contributed by atoms with Crippen LogP contribution in [0.25, 0.3) is 10.2 Å². The molecule has 0 aliphatic rings. The van der Waals surface area contributed by atoms with Gasteiger partial charge in [0, 0.05) is 5.92 Å². The molecule has 0 bridgehead atoms. The molecule has 3 aromatic rings. The summed E-state index contributed by atoms with van der Waals surface area (Å²) in [5, 5.41) is 5.83. The number of aromatic nitrogens is 4. The minimum Gasteiger partial charge on any atom is -0.339 e. The number of thiophene rings is 1. The third-order valence-electron chi connectivity index (χ3n) is 3.01. The van der Waals surface area contributed by atoms with Gasteiger partial charge in [-0.2, -0.15) is 4.98 Å². The minimum absolute atomic E-state index is 0.0657. The van der Waals surface area contributed by atoms with Crippen LogP contribution in [0.4, 0.5) is 0 Å². The largest absolute Gasteiger partial charge is 0.339 e. The summed E-state index contributed by atoms with van der Waals surface area (Å²) in [5.74, 6) is 1.24. The maximum Gasteiger partial charge on any atom is 0.271 e. The first-order valence-electron chi connectivity index (χ1n) is 6.32. The van der Waals surface area contributed by atoms with Crippen LogP contribution in [0.15, 0.2) is 21.0 Å². The fraction of sp³-hybridized carbons (Fsp3) is 0.385. The molecule has 7 heteroatoms. The van der Waals surface area contributed by atoms with Gasteiger partial charge in [0.2, 0.25) is 5.89 Å². The van der Waals surface area contributed by atoms with Crippen LogP contribution in [-0.4, -0.2) is 19.7 Å². The number of rotatable bonds is 3. The van der Waals surface area contributed by atoms with Crippen LogP contribution in [-0.2, 0) is 6.54 Å². The molecular formula is C13H14N4O2S. The van der Waals surface area contributed by atoms with Gasteiger partial charge in [0.05, 0.1) is 18.4 Å². The van der Waals surface area contributed by atoms with E-state index in [1.165, 1.54) is 22.2 Å². The molecule has 104 valence electrons. The molecule has 0 aromatic carbocycles. The van der Waals surface area contributed by atoms with E-state index >= 15 is 0 Å². The first kappa shape index (κ1) is 13.0. The van der Waals surface area contributed by atoms with Gasteiger partial charge >= 0.3 is 0 Å². The van der Waals surface area contributed by atoms with Crippen LogP contribution in [0.3, 0.4) is 0 Å². The van der Waals surface area contributed by atoms with Crippen LogP contribution < -0.4 is 5.56 Å². The van der Waals surface area contributed by atoms with Crippen molar-refractivity contribution in [2.75, 3.05) is 0 Å². The molecule has 0 N–H and O–H groups in total. The van der Waals surface area contributed by atoms with Gasteiger partial charge in [0.1, 0.15) is 4.70 Å². The summed E-state index contributed by atoms with van der Waals surface area (Å²) in [6, 6.07) is 0. The van der Waals surface area contributed by atoms with Crippen molar-refractivity contribution in [3.8, 4) is 0 Å². The first-order valence-corrected chi connectivity index (χ1v) is 7.20. The van der Waals surface area contributed by atoms with Gasteiger partial charge in [-0.3, -0.25) is 9.36 Å². The van der Waals surface area contributed by atoms with Crippen molar-refractivity contribution in [1.29, 1.82) is 0 Å². The highest BCUT2D eigenvalue weighted by atomic mass is 32.1. The Hall–Kier alpha value is -2.02. The Bertz CT molecular complexity index is 815. The molecule has 0 atom stereocenters. The Kier molecular flexibility index (Phi) is 3.13. The molecule has 3 heterocycles. The van der Waals surface area contributed by atoms with E-state index in [1.807, 2.05) is 26.2 Å². The summed E-state index contributed by atoms with van der Waals surface area (Å²) in [6.07, 6.45) is 1.54. The molecule has 0 unspecified atom stereocenters. The molecule has 0 aliphatic heterocycles. The van der Waals surface area contributed by atoms with E-state index in [9.17, 15) is 4.79 Å².